The molecule has 1 aliphatic heterocycles. The molecule has 1 aliphatic rings. The number of nitrogens with zero attached hydrogens (tertiary/aromatic N) is 5. The van der Waals surface area contributed by atoms with E-state index < -0.39 is 0 Å². The molecule has 5 rings (SSSR count). The molecule has 180 valence electrons. The SMILES string of the molecule is Cc1ccc(NC(=O)N2CCN(Cc3cc(=O)n4nc(-c5cccc(Cl)c5)sc4n3)CC2)cc1C. The molecule has 1 fully saturated rings. The van der Waals surface area contributed by atoms with Crippen LogP contribution in [0.15, 0.2) is 53.3 Å². The Morgan fingerprint density at radius 2 is 1.86 bits per heavy atom. The number of hydrogen-bond donors (Lipinski definition) is 1. The standard InChI is InChI=1S/C25H25ClN6O2S/c1-16-6-7-20(12-17(16)2)27-24(34)31-10-8-30(9-11-31)15-21-14-22(33)32-25(28-21)35-23(29-32)18-4-3-5-19(26)13-18/h3-7,12-14H,8-11,15H2,1-2H3,(H,27,34). The third-order valence-electron chi connectivity index (χ3n) is 6.17. The van der Waals surface area contributed by atoms with Crippen LogP contribution in [-0.2, 0) is 6.54 Å². The number of carbonyl (C=O) groups excluding carboxylic acids is 1. The van der Waals surface area contributed by atoms with Gasteiger partial charge in [-0.05, 0) is 49.2 Å². The van der Waals surface area contributed by atoms with E-state index in [9.17, 15) is 9.59 Å². The Labute approximate surface area is 211 Å². The van der Waals surface area contributed by atoms with Crippen molar-refractivity contribution in [1.29, 1.82) is 0 Å². The Balaban J connectivity index is 1.23. The number of urea groups is 1. The van der Waals surface area contributed by atoms with Crippen LogP contribution in [0, 0.1) is 13.8 Å². The van der Waals surface area contributed by atoms with Crippen molar-refractivity contribution in [1.82, 2.24) is 24.4 Å². The Morgan fingerprint density at radius 3 is 2.60 bits per heavy atom. The van der Waals surface area contributed by atoms with E-state index in [1.165, 1.54) is 27.5 Å². The maximum atomic E-state index is 12.7. The van der Waals surface area contributed by atoms with Crippen molar-refractivity contribution in [2.45, 2.75) is 20.4 Å². The van der Waals surface area contributed by atoms with Crippen LogP contribution in [0.2, 0.25) is 5.02 Å². The summed E-state index contributed by atoms with van der Waals surface area (Å²) in [7, 11) is 0. The molecule has 3 heterocycles. The number of halogens is 1. The number of amides is 2. The molecule has 0 radical (unpaired) electrons. The predicted octanol–water partition coefficient (Wildman–Crippen LogP) is 4.44. The minimum Gasteiger partial charge on any atom is -0.322 e. The lowest BCUT2D eigenvalue weighted by Crippen LogP contribution is -2.49. The third kappa shape index (κ3) is 5.22. The van der Waals surface area contributed by atoms with Crippen molar-refractivity contribution in [2.24, 2.45) is 0 Å². The van der Waals surface area contributed by atoms with Crippen LogP contribution >= 0.6 is 22.9 Å². The second-order valence-corrected chi connectivity index (χ2v) is 10.1. The van der Waals surface area contributed by atoms with Gasteiger partial charge < -0.3 is 10.2 Å². The number of piperazine rings is 1. The Hall–Kier alpha value is -3.27. The number of aromatic nitrogens is 3. The van der Waals surface area contributed by atoms with Gasteiger partial charge in [0.2, 0.25) is 4.96 Å². The van der Waals surface area contributed by atoms with Crippen molar-refractivity contribution < 1.29 is 4.79 Å². The monoisotopic (exact) mass is 508 g/mol. The summed E-state index contributed by atoms with van der Waals surface area (Å²) < 4.78 is 1.33. The van der Waals surface area contributed by atoms with Gasteiger partial charge in [0.25, 0.3) is 5.56 Å². The summed E-state index contributed by atoms with van der Waals surface area (Å²) in [5.41, 5.74) is 4.49. The first-order valence-corrected chi connectivity index (χ1v) is 12.6. The van der Waals surface area contributed by atoms with Crippen molar-refractivity contribution in [3.05, 3.63) is 80.7 Å². The van der Waals surface area contributed by atoms with E-state index in [0.29, 0.717) is 53.4 Å². The molecule has 35 heavy (non-hydrogen) atoms. The number of rotatable bonds is 4. The molecular weight excluding hydrogens is 484 g/mol. The molecular formula is C25H25ClN6O2S. The number of carbonyl (C=O) groups is 1. The second-order valence-electron chi connectivity index (χ2n) is 8.69. The maximum absolute atomic E-state index is 12.7. The Morgan fingerprint density at radius 1 is 1.06 bits per heavy atom. The zero-order valence-electron chi connectivity index (χ0n) is 19.5. The minimum atomic E-state index is -0.207. The average Bonchev–Trinajstić information content (AvgIpc) is 3.27. The molecule has 1 saturated heterocycles. The molecule has 0 spiro atoms. The van der Waals surface area contributed by atoms with Crippen molar-refractivity contribution in [3.63, 3.8) is 0 Å². The van der Waals surface area contributed by atoms with Gasteiger partial charge in [-0.1, -0.05) is 41.1 Å². The third-order valence-corrected chi connectivity index (χ3v) is 7.37. The highest BCUT2D eigenvalue weighted by Gasteiger charge is 2.22. The zero-order valence-corrected chi connectivity index (χ0v) is 21.1. The van der Waals surface area contributed by atoms with E-state index >= 15 is 0 Å². The highest BCUT2D eigenvalue weighted by Crippen LogP contribution is 2.26. The molecule has 1 N–H and O–H groups in total. The number of benzene rings is 2. The normalized spacial score (nSPS) is 14.4. The molecule has 0 aliphatic carbocycles. The molecule has 2 aromatic carbocycles. The minimum absolute atomic E-state index is 0.0936. The Kier molecular flexibility index (Phi) is 6.55. The molecule has 0 atom stereocenters. The number of hydrogen-bond acceptors (Lipinski definition) is 6. The van der Waals surface area contributed by atoms with Gasteiger partial charge in [0.1, 0.15) is 5.01 Å². The van der Waals surface area contributed by atoms with Crippen LogP contribution in [0.25, 0.3) is 15.5 Å². The summed E-state index contributed by atoms with van der Waals surface area (Å²) in [6, 6.07) is 14.7. The first-order valence-electron chi connectivity index (χ1n) is 11.4. The van der Waals surface area contributed by atoms with Crippen LogP contribution in [0.5, 0.6) is 0 Å². The van der Waals surface area contributed by atoms with Gasteiger partial charge in [-0.3, -0.25) is 9.69 Å². The van der Waals surface area contributed by atoms with Crippen LogP contribution in [0.1, 0.15) is 16.8 Å². The molecule has 0 bridgehead atoms. The molecule has 10 heteroatoms. The summed E-state index contributed by atoms with van der Waals surface area (Å²) in [6.45, 7) is 7.26. The number of aryl methyl sites for hydroxylation is 2. The fraction of sp³-hybridized carbons (Fsp3) is 0.280. The molecule has 2 amide bonds. The molecule has 4 aromatic rings. The van der Waals surface area contributed by atoms with E-state index in [1.807, 2.05) is 48.2 Å². The average molecular weight is 509 g/mol. The lowest BCUT2D eigenvalue weighted by Gasteiger charge is -2.34. The second kappa shape index (κ2) is 9.77. The summed E-state index contributed by atoms with van der Waals surface area (Å²) in [5.74, 6) is 0. The van der Waals surface area contributed by atoms with E-state index in [4.69, 9.17) is 11.6 Å². The van der Waals surface area contributed by atoms with Crippen molar-refractivity contribution in [3.8, 4) is 10.6 Å². The molecule has 2 aromatic heterocycles. The van der Waals surface area contributed by atoms with Gasteiger partial charge in [-0.25, -0.2) is 9.78 Å². The predicted molar refractivity (Wildman–Crippen MR) is 139 cm³/mol. The number of fused-ring (bicyclic) bond motifs is 1. The van der Waals surface area contributed by atoms with Gasteiger partial charge >= 0.3 is 6.03 Å². The van der Waals surface area contributed by atoms with Crippen LogP contribution in [-0.4, -0.2) is 56.6 Å². The summed E-state index contributed by atoms with van der Waals surface area (Å²) in [6.07, 6.45) is 0. The van der Waals surface area contributed by atoms with E-state index in [-0.39, 0.29) is 11.6 Å². The molecule has 0 unspecified atom stereocenters. The lowest BCUT2D eigenvalue weighted by molar-refractivity contribution is 0.142. The largest absolute Gasteiger partial charge is 0.322 e. The van der Waals surface area contributed by atoms with Gasteiger partial charge in [0, 0.05) is 55.1 Å². The number of anilines is 1. The van der Waals surface area contributed by atoms with Crippen LogP contribution < -0.4 is 10.9 Å². The highest BCUT2D eigenvalue weighted by atomic mass is 35.5. The quantitative estimate of drug-likeness (QED) is 0.440. The van der Waals surface area contributed by atoms with E-state index in [0.717, 1.165) is 16.8 Å². The van der Waals surface area contributed by atoms with Crippen molar-refractivity contribution >= 4 is 39.6 Å². The number of nitrogens with one attached hydrogen (secondary N) is 1. The topological polar surface area (TPSA) is 82.8 Å². The smallest absolute Gasteiger partial charge is 0.321 e. The van der Waals surface area contributed by atoms with E-state index in [1.54, 1.807) is 6.07 Å². The first kappa shape index (κ1) is 23.5. The van der Waals surface area contributed by atoms with Gasteiger partial charge in [-0.2, -0.15) is 9.61 Å². The Bertz CT molecular complexity index is 1460. The summed E-state index contributed by atoms with van der Waals surface area (Å²) >= 11 is 7.46. The van der Waals surface area contributed by atoms with Gasteiger partial charge in [0.15, 0.2) is 0 Å². The fourth-order valence-corrected chi connectivity index (χ4v) is 5.15. The van der Waals surface area contributed by atoms with E-state index in [2.05, 4.69) is 27.2 Å². The van der Waals surface area contributed by atoms with Crippen LogP contribution in [0.4, 0.5) is 10.5 Å². The summed E-state index contributed by atoms with van der Waals surface area (Å²) in [4.78, 5) is 34.6. The van der Waals surface area contributed by atoms with Crippen molar-refractivity contribution in [2.75, 3.05) is 31.5 Å². The highest BCUT2D eigenvalue weighted by molar-refractivity contribution is 7.19. The summed E-state index contributed by atoms with van der Waals surface area (Å²) in [5, 5.41) is 8.72. The maximum Gasteiger partial charge on any atom is 0.321 e. The lowest BCUT2D eigenvalue weighted by atomic mass is 10.1. The molecule has 0 saturated carbocycles. The molecule has 8 nitrogen and oxygen atoms in total. The van der Waals surface area contributed by atoms with Gasteiger partial charge in [-0.15, -0.1) is 0 Å². The fourth-order valence-electron chi connectivity index (χ4n) is 4.04. The first-order chi connectivity index (χ1) is 16.9. The van der Waals surface area contributed by atoms with Gasteiger partial charge in [0.05, 0.1) is 5.69 Å². The van der Waals surface area contributed by atoms with Crippen LogP contribution in [0.3, 0.4) is 0 Å². The zero-order chi connectivity index (χ0) is 24.5.